The second kappa shape index (κ2) is 10.5. The van der Waals surface area contributed by atoms with Gasteiger partial charge in [0, 0.05) is 18.6 Å². The lowest BCUT2D eigenvalue weighted by Gasteiger charge is -2.52. The molecule has 180 valence electrons. The summed E-state index contributed by atoms with van der Waals surface area (Å²) in [5.74, 6) is 1.91. The van der Waals surface area contributed by atoms with Crippen LogP contribution in [0, 0.1) is 29.0 Å². The molecule has 1 unspecified atom stereocenters. The Morgan fingerprint density at radius 3 is 2.50 bits per heavy atom. The van der Waals surface area contributed by atoms with Gasteiger partial charge in [0.1, 0.15) is 11.6 Å². The van der Waals surface area contributed by atoms with E-state index in [0.29, 0.717) is 24.0 Å². The van der Waals surface area contributed by atoms with Crippen molar-refractivity contribution in [1.82, 2.24) is 10.2 Å². The molecule has 3 aliphatic rings. The smallest absolute Gasteiger partial charge is 0.123 e. The second-order valence-electron chi connectivity index (χ2n) is 10.3. The fraction of sp³-hybridized carbons (Fsp3) is 0.552. The summed E-state index contributed by atoms with van der Waals surface area (Å²) in [5, 5.41) is 12.9. The number of piperidine rings is 1. The summed E-state index contributed by atoms with van der Waals surface area (Å²) in [4.78, 5) is 2.57. The zero-order valence-corrected chi connectivity index (χ0v) is 20.1. The van der Waals surface area contributed by atoms with Crippen molar-refractivity contribution in [3.8, 4) is 11.8 Å². The molecule has 0 amide bonds. The molecule has 0 bridgehead atoms. The Hall–Kier alpha value is -2.42. The highest BCUT2D eigenvalue weighted by Crippen LogP contribution is 2.50. The van der Waals surface area contributed by atoms with Crippen molar-refractivity contribution < 1.29 is 9.13 Å². The third-order valence-corrected chi connectivity index (χ3v) is 8.43. The molecule has 4 nitrogen and oxygen atoms in total. The lowest BCUT2D eigenvalue weighted by atomic mass is 9.63. The molecule has 2 heterocycles. The molecule has 34 heavy (non-hydrogen) atoms. The summed E-state index contributed by atoms with van der Waals surface area (Å²) in [5.41, 5.74) is 3.22. The number of hydrogen-bond donors (Lipinski definition) is 1. The number of fused-ring (bicyclic) bond motifs is 1. The van der Waals surface area contributed by atoms with Crippen LogP contribution in [0.4, 0.5) is 4.39 Å². The van der Waals surface area contributed by atoms with E-state index >= 15 is 0 Å². The Morgan fingerprint density at radius 2 is 1.76 bits per heavy atom. The second-order valence-corrected chi connectivity index (χ2v) is 10.3. The number of benzene rings is 2. The minimum absolute atomic E-state index is 0.0586. The van der Waals surface area contributed by atoms with Crippen LogP contribution < -0.4 is 10.1 Å². The molecule has 1 atom stereocenters. The van der Waals surface area contributed by atoms with Gasteiger partial charge in [0.15, 0.2) is 0 Å². The van der Waals surface area contributed by atoms with E-state index in [1.807, 2.05) is 24.3 Å². The molecule has 1 saturated carbocycles. The average Bonchev–Trinajstić information content (AvgIpc) is 3.43. The van der Waals surface area contributed by atoms with E-state index in [2.05, 4.69) is 16.3 Å². The van der Waals surface area contributed by atoms with Crippen LogP contribution in [0.1, 0.15) is 61.6 Å². The number of rotatable bonds is 7. The fourth-order valence-corrected chi connectivity index (χ4v) is 6.81. The summed E-state index contributed by atoms with van der Waals surface area (Å²) in [7, 11) is 0. The molecule has 2 aromatic carbocycles. The zero-order valence-electron chi connectivity index (χ0n) is 20.1. The Bertz CT molecular complexity index is 1000. The van der Waals surface area contributed by atoms with Gasteiger partial charge in [0.2, 0.25) is 0 Å². The van der Waals surface area contributed by atoms with Crippen LogP contribution in [0.2, 0.25) is 0 Å². The molecule has 1 N–H and O–H groups in total. The molecule has 2 aliphatic heterocycles. The van der Waals surface area contributed by atoms with E-state index in [1.54, 1.807) is 18.2 Å². The van der Waals surface area contributed by atoms with Crippen molar-refractivity contribution in [3.05, 3.63) is 65.0 Å². The van der Waals surface area contributed by atoms with E-state index in [0.717, 1.165) is 57.6 Å². The summed E-state index contributed by atoms with van der Waals surface area (Å²) in [6.07, 6.45) is 9.44. The summed E-state index contributed by atoms with van der Waals surface area (Å²) >= 11 is 0. The third-order valence-electron chi connectivity index (χ3n) is 8.43. The van der Waals surface area contributed by atoms with Gasteiger partial charge < -0.3 is 15.0 Å². The Morgan fingerprint density at radius 1 is 1.03 bits per heavy atom. The first-order chi connectivity index (χ1) is 16.7. The third kappa shape index (κ3) is 4.72. The van der Waals surface area contributed by atoms with Gasteiger partial charge in [-0.3, -0.25) is 0 Å². The van der Waals surface area contributed by atoms with Crippen molar-refractivity contribution in [2.24, 2.45) is 11.8 Å². The zero-order chi connectivity index (χ0) is 23.4. The van der Waals surface area contributed by atoms with Gasteiger partial charge in [-0.05, 0) is 111 Å². The molecule has 0 spiro atoms. The van der Waals surface area contributed by atoms with Gasteiger partial charge in [-0.2, -0.15) is 5.26 Å². The molecule has 1 aliphatic carbocycles. The Balaban J connectivity index is 1.20. The first kappa shape index (κ1) is 23.3. The highest BCUT2D eigenvalue weighted by atomic mass is 19.1. The minimum atomic E-state index is -0.0930. The Kier molecular flexibility index (Phi) is 7.18. The number of halogens is 1. The number of nitriles is 1. The van der Waals surface area contributed by atoms with Crippen LogP contribution in [0.3, 0.4) is 0 Å². The highest BCUT2D eigenvalue weighted by molar-refractivity contribution is 5.39. The van der Waals surface area contributed by atoms with E-state index in [9.17, 15) is 4.39 Å². The summed E-state index contributed by atoms with van der Waals surface area (Å²) < 4.78 is 20.3. The lowest BCUT2D eigenvalue weighted by Crippen LogP contribution is -2.58. The van der Waals surface area contributed by atoms with E-state index in [-0.39, 0.29) is 11.4 Å². The van der Waals surface area contributed by atoms with Gasteiger partial charge in [-0.25, -0.2) is 4.39 Å². The molecule has 5 heteroatoms. The predicted molar refractivity (Wildman–Crippen MR) is 132 cm³/mol. The van der Waals surface area contributed by atoms with E-state index in [1.165, 1.54) is 36.8 Å². The topological polar surface area (TPSA) is 48.3 Å². The number of likely N-dealkylation sites (tertiary alicyclic amines) is 1. The largest absolute Gasteiger partial charge is 0.494 e. The highest BCUT2D eigenvalue weighted by Gasteiger charge is 2.50. The monoisotopic (exact) mass is 461 g/mol. The fourth-order valence-electron chi connectivity index (χ4n) is 6.81. The minimum Gasteiger partial charge on any atom is -0.494 e. The molecule has 0 radical (unpaired) electrons. The average molecular weight is 462 g/mol. The number of nitrogens with one attached hydrogen (secondary N) is 1. The number of nitrogens with zero attached hydrogens (tertiary/aromatic N) is 2. The van der Waals surface area contributed by atoms with Crippen LogP contribution in [0.15, 0.2) is 42.5 Å². The van der Waals surface area contributed by atoms with Crippen LogP contribution in [0.25, 0.3) is 0 Å². The van der Waals surface area contributed by atoms with Crippen molar-refractivity contribution in [3.63, 3.8) is 0 Å². The molecule has 0 aromatic heterocycles. The normalized spacial score (nSPS) is 24.0. The maximum absolute atomic E-state index is 14.4. The SMILES string of the molecule is N#Cc1ccc(OCCCN2CCC(C3(C4CCCC4)NCCc4ccc(F)cc43)CC2)cc1. The van der Waals surface area contributed by atoms with E-state index in [4.69, 9.17) is 10.00 Å². The summed E-state index contributed by atoms with van der Waals surface area (Å²) in [6.45, 7) is 4.93. The first-order valence-corrected chi connectivity index (χ1v) is 13.1. The maximum atomic E-state index is 14.4. The number of hydrogen-bond acceptors (Lipinski definition) is 4. The molecular formula is C29H36FN3O. The van der Waals surface area contributed by atoms with Gasteiger partial charge in [-0.15, -0.1) is 0 Å². The molecule has 5 rings (SSSR count). The van der Waals surface area contributed by atoms with Crippen LogP contribution >= 0.6 is 0 Å². The summed E-state index contributed by atoms with van der Waals surface area (Å²) in [6, 6.07) is 15.0. The van der Waals surface area contributed by atoms with Gasteiger partial charge >= 0.3 is 0 Å². The standard InChI is InChI=1S/C29H36FN3O/c30-26-9-8-23-12-15-32-29(28(23)20-26,24-4-1-2-5-24)25-13-17-33(18-14-25)16-3-19-34-27-10-6-22(21-31)7-11-27/h6-11,20,24-25,32H,1-5,12-19H2. The predicted octanol–water partition coefficient (Wildman–Crippen LogP) is 5.41. The van der Waals surface area contributed by atoms with E-state index < -0.39 is 0 Å². The molecular weight excluding hydrogens is 425 g/mol. The van der Waals surface area contributed by atoms with Crippen molar-refractivity contribution in [2.75, 3.05) is 32.8 Å². The lowest BCUT2D eigenvalue weighted by molar-refractivity contribution is 0.0540. The van der Waals surface area contributed by atoms with Crippen molar-refractivity contribution >= 4 is 0 Å². The first-order valence-electron chi connectivity index (χ1n) is 13.1. The van der Waals surface area contributed by atoms with Gasteiger partial charge in [0.05, 0.1) is 18.2 Å². The molecule has 1 saturated heterocycles. The number of ether oxygens (including phenoxy) is 1. The maximum Gasteiger partial charge on any atom is 0.123 e. The molecule has 2 fully saturated rings. The van der Waals surface area contributed by atoms with Gasteiger partial charge in [0.25, 0.3) is 0 Å². The van der Waals surface area contributed by atoms with Crippen LogP contribution in [0.5, 0.6) is 5.75 Å². The van der Waals surface area contributed by atoms with Crippen LogP contribution in [-0.2, 0) is 12.0 Å². The van der Waals surface area contributed by atoms with Crippen molar-refractivity contribution in [2.45, 2.75) is 56.9 Å². The van der Waals surface area contributed by atoms with Crippen LogP contribution in [-0.4, -0.2) is 37.7 Å². The quantitative estimate of drug-likeness (QED) is 0.560. The van der Waals surface area contributed by atoms with Crippen molar-refractivity contribution in [1.29, 1.82) is 5.26 Å². The van der Waals surface area contributed by atoms with Gasteiger partial charge in [-0.1, -0.05) is 18.9 Å². The molecule has 2 aromatic rings. The Labute approximate surface area is 203 Å².